The van der Waals surface area contributed by atoms with Crippen LogP contribution < -0.4 is 5.56 Å². The molecule has 0 radical (unpaired) electrons. The summed E-state index contributed by atoms with van der Waals surface area (Å²) in [7, 11) is 0. The predicted molar refractivity (Wildman–Crippen MR) is 96.7 cm³/mol. The Kier molecular flexibility index (Phi) is 4.04. The number of H-pyrrole nitrogens is 1. The van der Waals surface area contributed by atoms with Gasteiger partial charge in [-0.05, 0) is 67.5 Å². The van der Waals surface area contributed by atoms with Crippen molar-refractivity contribution < 1.29 is 4.79 Å². The highest BCUT2D eigenvalue weighted by Gasteiger charge is 2.15. The van der Waals surface area contributed by atoms with E-state index in [2.05, 4.69) is 20.9 Å². The molecule has 1 heterocycles. The summed E-state index contributed by atoms with van der Waals surface area (Å²) in [6.45, 7) is 3.89. The van der Waals surface area contributed by atoms with Gasteiger partial charge in [-0.15, -0.1) is 0 Å². The van der Waals surface area contributed by atoms with Gasteiger partial charge in [-0.2, -0.15) is 0 Å². The number of nitrogens with zero attached hydrogens (tertiary/aromatic N) is 1. The van der Waals surface area contributed by atoms with Gasteiger partial charge in [0.2, 0.25) is 0 Å². The monoisotopic (exact) mass is 388 g/mol. The molecule has 4 nitrogen and oxygen atoms in total. The van der Waals surface area contributed by atoms with Crippen LogP contribution in [0.5, 0.6) is 0 Å². The first-order valence-electron chi connectivity index (χ1n) is 6.95. The van der Waals surface area contributed by atoms with E-state index in [1.807, 2.05) is 26.0 Å². The van der Waals surface area contributed by atoms with E-state index in [-0.39, 0.29) is 4.77 Å². The molecule has 1 N–H and O–H groups in total. The molecule has 0 fully saturated rings. The van der Waals surface area contributed by atoms with Crippen molar-refractivity contribution in [1.29, 1.82) is 0 Å². The fraction of sp³-hybridized carbons (Fsp3) is 0.118. The maximum absolute atomic E-state index is 12.7. The van der Waals surface area contributed by atoms with Gasteiger partial charge in [0, 0.05) is 10.0 Å². The molecular formula is C17H13BrN2O2S. The Labute approximate surface area is 145 Å². The molecule has 0 spiro atoms. The maximum Gasteiger partial charge on any atom is 0.269 e. The van der Waals surface area contributed by atoms with Gasteiger partial charge in [-0.3, -0.25) is 9.59 Å². The van der Waals surface area contributed by atoms with E-state index in [0.717, 1.165) is 20.2 Å². The van der Waals surface area contributed by atoms with Gasteiger partial charge < -0.3 is 4.98 Å². The number of aromatic amines is 1. The summed E-state index contributed by atoms with van der Waals surface area (Å²) in [4.78, 5) is 28.4. The first kappa shape index (κ1) is 15.8. The SMILES string of the molecule is Cc1ccc(C(=O)n2c(=S)[nH]c3ccc(Br)cc3c2=O)cc1C. The summed E-state index contributed by atoms with van der Waals surface area (Å²) >= 11 is 8.55. The molecule has 0 saturated carbocycles. The zero-order valence-corrected chi connectivity index (χ0v) is 14.9. The van der Waals surface area contributed by atoms with Crippen molar-refractivity contribution in [2.24, 2.45) is 0 Å². The largest absolute Gasteiger partial charge is 0.331 e. The van der Waals surface area contributed by atoms with Crippen molar-refractivity contribution in [2.75, 3.05) is 0 Å². The van der Waals surface area contributed by atoms with Crippen molar-refractivity contribution in [3.63, 3.8) is 0 Å². The molecule has 3 rings (SSSR count). The molecule has 0 amide bonds. The number of hydrogen-bond acceptors (Lipinski definition) is 3. The summed E-state index contributed by atoms with van der Waals surface area (Å²) in [6, 6.07) is 10.6. The summed E-state index contributed by atoms with van der Waals surface area (Å²) < 4.78 is 1.86. The highest BCUT2D eigenvalue weighted by Crippen LogP contribution is 2.16. The van der Waals surface area contributed by atoms with Gasteiger partial charge in [0.1, 0.15) is 0 Å². The molecule has 0 aliphatic carbocycles. The van der Waals surface area contributed by atoms with Gasteiger partial charge >= 0.3 is 0 Å². The van der Waals surface area contributed by atoms with E-state index >= 15 is 0 Å². The average Bonchev–Trinajstić information content (AvgIpc) is 2.51. The number of hydrogen-bond donors (Lipinski definition) is 1. The molecule has 0 unspecified atom stereocenters. The summed E-state index contributed by atoms with van der Waals surface area (Å²) in [5.74, 6) is -0.429. The van der Waals surface area contributed by atoms with Crippen LogP contribution in [0.4, 0.5) is 0 Å². The minimum atomic E-state index is -0.429. The fourth-order valence-corrected chi connectivity index (χ4v) is 3.01. The highest BCUT2D eigenvalue weighted by atomic mass is 79.9. The average molecular weight is 389 g/mol. The lowest BCUT2D eigenvalue weighted by molar-refractivity contribution is 0.0953. The molecule has 6 heteroatoms. The van der Waals surface area contributed by atoms with E-state index in [4.69, 9.17) is 12.2 Å². The smallest absolute Gasteiger partial charge is 0.269 e. The van der Waals surface area contributed by atoms with E-state index < -0.39 is 11.5 Å². The number of carbonyl (C=O) groups is 1. The standard InChI is InChI=1S/C17H13BrN2O2S/c1-9-3-4-11(7-10(9)2)15(21)20-16(22)13-8-12(18)5-6-14(13)19-17(20)23/h3-8H,1-2H3,(H,19,23). The maximum atomic E-state index is 12.7. The molecule has 0 bridgehead atoms. The van der Waals surface area contributed by atoms with E-state index in [9.17, 15) is 9.59 Å². The minimum Gasteiger partial charge on any atom is -0.331 e. The molecule has 0 saturated heterocycles. The van der Waals surface area contributed by atoms with Crippen molar-refractivity contribution in [3.05, 3.63) is 72.7 Å². The molecule has 0 atom stereocenters. The normalized spacial score (nSPS) is 10.9. The first-order chi connectivity index (χ1) is 10.9. The molecule has 0 aliphatic heterocycles. The third-order valence-electron chi connectivity index (χ3n) is 3.82. The van der Waals surface area contributed by atoms with Crippen LogP contribution in [0, 0.1) is 18.6 Å². The molecule has 2 aromatic carbocycles. The van der Waals surface area contributed by atoms with Crippen molar-refractivity contribution in [3.8, 4) is 0 Å². The minimum absolute atomic E-state index is 0.0908. The quantitative estimate of drug-likeness (QED) is 0.637. The number of aryl methyl sites for hydroxylation is 2. The van der Waals surface area contributed by atoms with Crippen LogP contribution in [0.1, 0.15) is 21.5 Å². The second-order valence-electron chi connectivity index (χ2n) is 5.36. The van der Waals surface area contributed by atoms with Crippen LogP contribution in [-0.2, 0) is 0 Å². The van der Waals surface area contributed by atoms with Crippen molar-refractivity contribution in [1.82, 2.24) is 9.55 Å². The second kappa shape index (κ2) is 5.86. The third kappa shape index (κ3) is 2.80. The second-order valence-corrected chi connectivity index (χ2v) is 6.67. The number of fused-ring (bicyclic) bond motifs is 1. The Hall–Kier alpha value is -2.05. The fourth-order valence-electron chi connectivity index (χ4n) is 2.37. The van der Waals surface area contributed by atoms with Gasteiger partial charge in [-0.1, -0.05) is 22.0 Å². The Morgan fingerprint density at radius 2 is 1.87 bits per heavy atom. The third-order valence-corrected chi connectivity index (χ3v) is 4.59. The topological polar surface area (TPSA) is 54.9 Å². The Morgan fingerprint density at radius 3 is 2.57 bits per heavy atom. The molecule has 23 heavy (non-hydrogen) atoms. The molecule has 0 aliphatic rings. The van der Waals surface area contributed by atoms with Crippen LogP contribution in [0.2, 0.25) is 0 Å². The van der Waals surface area contributed by atoms with E-state index in [1.165, 1.54) is 0 Å². The van der Waals surface area contributed by atoms with Gasteiger partial charge in [0.05, 0.1) is 10.9 Å². The van der Waals surface area contributed by atoms with Crippen LogP contribution in [-0.4, -0.2) is 15.5 Å². The van der Waals surface area contributed by atoms with Crippen LogP contribution in [0.15, 0.2) is 45.7 Å². The Balaban J connectivity index is 2.27. The molecule has 116 valence electrons. The van der Waals surface area contributed by atoms with Crippen molar-refractivity contribution >= 4 is 45.0 Å². The summed E-state index contributed by atoms with van der Waals surface area (Å²) in [6.07, 6.45) is 0. The summed E-state index contributed by atoms with van der Waals surface area (Å²) in [5.41, 5.74) is 2.69. The summed E-state index contributed by atoms with van der Waals surface area (Å²) in [5, 5.41) is 0.408. The first-order valence-corrected chi connectivity index (χ1v) is 8.15. The number of nitrogens with one attached hydrogen (secondary N) is 1. The number of benzene rings is 2. The zero-order valence-electron chi connectivity index (χ0n) is 12.5. The lowest BCUT2D eigenvalue weighted by atomic mass is 10.1. The van der Waals surface area contributed by atoms with E-state index in [1.54, 1.807) is 24.3 Å². The lowest BCUT2D eigenvalue weighted by Gasteiger charge is -2.09. The van der Waals surface area contributed by atoms with Crippen molar-refractivity contribution in [2.45, 2.75) is 13.8 Å². The van der Waals surface area contributed by atoms with Gasteiger partial charge in [0.25, 0.3) is 11.5 Å². The molecular weight excluding hydrogens is 376 g/mol. The van der Waals surface area contributed by atoms with Crippen LogP contribution in [0.3, 0.4) is 0 Å². The highest BCUT2D eigenvalue weighted by molar-refractivity contribution is 9.10. The number of halogens is 1. The number of aromatic nitrogens is 2. The van der Waals surface area contributed by atoms with E-state index in [0.29, 0.717) is 16.5 Å². The van der Waals surface area contributed by atoms with Crippen LogP contribution >= 0.6 is 28.1 Å². The van der Waals surface area contributed by atoms with Gasteiger partial charge in [0.15, 0.2) is 4.77 Å². The molecule has 3 aromatic rings. The van der Waals surface area contributed by atoms with Gasteiger partial charge in [-0.25, -0.2) is 4.57 Å². The molecule has 1 aromatic heterocycles. The lowest BCUT2D eigenvalue weighted by Crippen LogP contribution is -2.29. The Bertz CT molecular complexity index is 1070. The predicted octanol–water partition coefficient (Wildman–Crippen LogP) is 4.13. The number of carbonyl (C=O) groups excluding carboxylic acids is 1. The van der Waals surface area contributed by atoms with Crippen LogP contribution in [0.25, 0.3) is 10.9 Å². The Morgan fingerprint density at radius 1 is 1.13 bits per heavy atom. The number of rotatable bonds is 1. The zero-order chi connectivity index (χ0) is 16.7.